The summed E-state index contributed by atoms with van der Waals surface area (Å²) in [6, 6.07) is 0. The lowest BCUT2D eigenvalue weighted by atomic mass is 10.2. The molecule has 0 bridgehead atoms. The van der Waals surface area contributed by atoms with Gasteiger partial charge in [-0.15, -0.1) is 0 Å². The van der Waals surface area contributed by atoms with E-state index >= 15 is 0 Å². The van der Waals surface area contributed by atoms with Crippen molar-refractivity contribution >= 4 is 12.3 Å². The van der Waals surface area contributed by atoms with E-state index in [1.165, 1.54) is 17.1 Å². The molecule has 0 spiro atoms. The Balaban J connectivity index is 1.88. The highest BCUT2D eigenvalue weighted by Crippen LogP contribution is 2.02. The fourth-order valence-corrected chi connectivity index (χ4v) is 1.22. The Morgan fingerprint density at radius 3 is 3.31 bits per heavy atom. The normalized spacial score (nSPS) is 14.4. The smallest absolute Gasteiger partial charge is 0.419 e. The third-order valence-corrected chi connectivity index (χ3v) is 2.03. The molecule has 16 heavy (non-hydrogen) atoms. The summed E-state index contributed by atoms with van der Waals surface area (Å²) in [5, 5.41) is 0. The Morgan fingerprint density at radius 1 is 1.56 bits per heavy atom. The maximum atomic E-state index is 11.4. The first-order valence-electron chi connectivity index (χ1n) is 4.88. The van der Waals surface area contributed by atoms with E-state index in [2.05, 4.69) is 9.98 Å². The first kappa shape index (κ1) is 10.4. The number of imidazole rings is 1. The number of allylic oxidation sites excluding steroid dienone is 2. The SMILES string of the molecule is O=C(OCC1=CCC=CN=C1)n1ccnc1. The number of ether oxygens (including phenoxy) is 1. The quantitative estimate of drug-likeness (QED) is 0.758. The number of nitrogens with zero attached hydrogens (tertiary/aromatic N) is 3. The minimum absolute atomic E-state index is 0.224. The van der Waals surface area contributed by atoms with Crippen LogP contribution in [0, 0.1) is 0 Å². The molecule has 0 aromatic carbocycles. The van der Waals surface area contributed by atoms with Gasteiger partial charge in [-0.3, -0.25) is 4.99 Å². The summed E-state index contributed by atoms with van der Waals surface area (Å²) >= 11 is 0. The molecule has 0 fully saturated rings. The van der Waals surface area contributed by atoms with E-state index in [-0.39, 0.29) is 6.61 Å². The van der Waals surface area contributed by atoms with Crippen LogP contribution >= 0.6 is 0 Å². The summed E-state index contributed by atoms with van der Waals surface area (Å²) in [6.45, 7) is 0.224. The second-order valence-electron chi connectivity index (χ2n) is 3.20. The van der Waals surface area contributed by atoms with Gasteiger partial charge in [-0.1, -0.05) is 12.2 Å². The fourth-order valence-electron chi connectivity index (χ4n) is 1.22. The summed E-state index contributed by atoms with van der Waals surface area (Å²) in [6.07, 6.45) is 12.1. The van der Waals surface area contributed by atoms with Crippen LogP contribution in [-0.4, -0.2) is 28.5 Å². The van der Waals surface area contributed by atoms with Gasteiger partial charge in [0.15, 0.2) is 0 Å². The molecule has 82 valence electrons. The molecule has 0 saturated heterocycles. The Morgan fingerprint density at radius 2 is 2.50 bits per heavy atom. The number of carbonyl (C=O) groups is 1. The van der Waals surface area contributed by atoms with E-state index < -0.39 is 6.09 Å². The van der Waals surface area contributed by atoms with Crippen LogP contribution < -0.4 is 0 Å². The lowest BCUT2D eigenvalue weighted by Crippen LogP contribution is -2.13. The minimum atomic E-state index is -0.441. The standard InChI is InChI=1S/C11H11N3O2/c15-11(14-6-5-13-9-14)16-8-10-3-1-2-4-12-7-10/h2-7,9H,1,8H2. The monoisotopic (exact) mass is 217 g/mol. The molecular formula is C11H11N3O2. The fraction of sp³-hybridized carbons (Fsp3) is 0.182. The zero-order valence-electron chi connectivity index (χ0n) is 8.61. The summed E-state index contributed by atoms with van der Waals surface area (Å²) in [4.78, 5) is 19.2. The van der Waals surface area contributed by atoms with Crippen molar-refractivity contribution in [1.29, 1.82) is 0 Å². The average molecular weight is 217 g/mol. The van der Waals surface area contributed by atoms with Crippen molar-refractivity contribution in [3.63, 3.8) is 0 Å². The Hall–Kier alpha value is -2.17. The molecule has 1 aliphatic heterocycles. The van der Waals surface area contributed by atoms with Gasteiger partial charge in [0.05, 0.1) is 0 Å². The molecule has 0 saturated carbocycles. The molecule has 2 rings (SSSR count). The number of hydrogen-bond acceptors (Lipinski definition) is 4. The highest BCUT2D eigenvalue weighted by atomic mass is 16.5. The van der Waals surface area contributed by atoms with E-state index in [4.69, 9.17) is 4.74 Å². The Bertz CT molecular complexity index is 444. The lowest BCUT2D eigenvalue weighted by molar-refractivity contribution is 0.158. The molecule has 2 heterocycles. The molecule has 5 nitrogen and oxygen atoms in total. The van der Waals surface area contributed by atoms with E-state index in [0.29, 0.717) is 0 Å². The van der Waals surface area contributed by atoms with Crippen LogP contribution in [0.15, 0.2) is 47.6 Å². The van der Waals surface area contributed by atoms with Crippen LogP contribution in [-0.2, 0) is 4.74 Å². The second kappa shape index (κ2) is 5.06. The molecule has 0 radical (unpaired) electrons. The van der Waals surface area contributed by atoms with Gasteiger partial charge in [0.25, 0.3) is 0 Å². The molecule has 0 N–H and O–H groups in total. The molecule has 0 unspecified atom stereocenters. The minimum Gasteiger partial charge on any atom is -0.444 e. The van der Waals surface area contributed by atoms with Crippen LogP contribution in [0.1, 0.15) is 6.42 Å². The van der Waals surface area contributed by atoms with Crippen LogP contribution in [0.25, 0.3) is 0 Å². The molecular weight excluding hydrogens is 206 g/mol. The second-order valence-corrected chi connectivity index (χ2v) is 3.20. The molecule has 0 atom stereocenters. The lowest BCUT2D eigenvalue weighted by Gasteiger charge is -2.04. The van der Waals surface area contributed by atoms with Crippen molar-refractivity contribution in [3.05, 3.63) is 42.6 Å². The third-order valence-electron chi connectivity index (χ3n) is 2.03. The number of carbonyl (C=O) groups excluding carboxylic acids is 1. The third kappa shape index (κ3) is 2.66. The largest absolute Gasteiger partial charge is 0.444 e. The van der Waals surface area contributed by atoms with Gasteiger partial charge in [-0.05, 0) is 6.42 Å². The van der Waals surface area contributed by atoms with Crippen molar-refractivity contribution in [2.24, 2.45) is 4.99 Å². The number of rotatable bonds is 2. The van der Waals surface area contributed by atoms with Crippen molar-refractivity contribution in [2.75, 3.05) is 6.61 Å². The maximum Gasteiger partial charge on any atom is 0.419 e. The molecule has 1 aromatic rings. The van der Waals surface area contributed by atoms with Crippen LogP contribution in [0.4, 0.5) is 4.79 Å². The number of hydrogen-bond donors (Lipinski definition) is 0. The first-order valence-corrected chi connectivity index (χ1v) is 4.88. The molecule has 1 aliphatic rings. The van der Waals surface area contributed by atoms with E-state index in [1.54, 1.807) is 18.6 Å². The van der Waals surface area contributed by atoms with E-state index in [9.17, 15) is 4.79 Å². The van der Waals surface area contributed by atoms with Crippen molar-refractivity contribution in [3.8, 4) is 0 Å². The van der Waals surface area contributed by atoms with Gasteiger partial charge in [0, 0.05) is 30.4 Å². The first-order chi connectivity index (χ1) is 7.86. The van der Waals surface area contributed by atoms with Gasteiger partial charge < -0.3 is 4.74 Å². The summed E-state index contributed by atoms with van der Waals surface area (Å²) in [7, 11) is 0. The topological polar surface area (TPSA) is 56.5 Å². The highest BCUT2D eigenvalue weighted by molar-refractivity contribution is 5.80. The predicted octanol–water partition coefficient (Wildman–Crippen LogP) is 1.78. The Labute approximate surface area is 92.8 Å². The maximum absolute atomic E-state index is 11.4. The van der Waals surface area contributed by atoms with E-state index in [1.807, 2.05) is 12.2 Å². The zero-order chi connectivity index (χ0) is 11.2. The van der Waals surface area contributed by atoms with Gasteiger partial charge in [-0.25, -0.2) is 14.3 Å². The van der Waals surface area contributed by atoms with Crippen molar-refractivity contribution in [1.82, 2.24) is 9.55 Å². The predicted molar refractivity (Wildman–Crippen MR) is 59.3 cm³/mol. The zero-order valence-corrected chi connectivity index (χ0v) is 8.61. The molecule has 5 heteroatoms. The molecule has 1 aromatic heterocycles. The van der Waals surface area contributed by atoms with Crippen LogP contribution in [0.3, 0.4) is 0 Å². The van der Waals surface area contributed by atoms with Crippen molar-refractivity contribution < 1.29 is 9.53 Å². The Kier molecular flexibility index (Phi) is 3.28. The van der Waals surface area contributed by atoms with Gasteiger partial charge in [0.1, 0.15) is 12.9 Å². The number of aliphatic imine (C=N–C) groups is 1. The summed E-state index contributed by atoms with van der Waals surface area (Å²) < 4.78 is 6.36. The van der Waals surface area contributed by atoms with Gasteiger partial charge >= 0.3 is 6.09 Å². The average Bonchev–Trinajstić information content (AvgIpc) is 2.71. The van der Waals surface area contributed by atoms with Crippen LogP contribution in [0.5, 0.6) is 0 Å². The summed E-state index contributed by atoms with van der Waals surface area (Å²) in [5.41, 5.74) is 0.887. The summed E-state index contributed by atoms with van der Waals surface area (Å²) in [5.74, 6) is 0. The van der Waals surface area contributed by atoms with E-state index in [0.717, 1.165) is 12.0 Å². The van der Waals surface area contributed by atoms with Gasteiger partial charge in [0.2, 0.25) is 0 Å². The molecule has 0 amide bonds. The molecule has 0 aliphatic carbocycles. The number of aromatic nitrogens is 2. The van der Waals surface area contributed by atoms with Crippen LogP contribution in [0.2, 0.25) is 0 Å². The van der Waals surface area contributed by atoms with Gasteiger partial charge in [-0.2, -0.15) is 0 Å². The van der Waals surface area contributed by atoms with Crippen molar-refractivity contribution in [2.45, 2.75) is 6.42 Å². The highest BCUT2D eigenvalue weighted by Gasteiger charge is 2.05.